The fourth-order valence-electron chi connectivity index (χ4n) is 2.56. The molecule has 0 spiro atoms. The normalized spacial score (nSPS) is 24.0. The van der Waals surface area contributed by atoms with Crippen LogP contribution in [0.1, 0.15) is 17.0 Å². The maximum absolute atomic E-state index is 5.79. The first-order chi connectivity index (χ1) is 7.93. The van der Waals surface area contributed by atoms with Gasteiger partial charge in [-0.2, -0.15) is 0 Å². The van der Waals surface area contributed by atoms with Gasteiger partial charge >= 0.3 is 0 Å². The second-order valence-electron chi connectivity index (χ2n) is 4.16. The van der Waals surface area contributed by atoms with E-state index in [9.17, 15) is 0 Å². The number of hydrogen-bond acceptors (Lipinski definition) is 2. The standard InChI is InChI=1S/C14H10O2/c1-3-7-11-9(5-1)13-10-6-2-4-8-12(10)16-14(13)15-11/h1-8,13-14H. The first kappa shape index (κ1) is 8.22. The van der Waals surface area contributed by atoms with Gasteiger partial charge in [0.05, 0.1) is 5.92 Å². The zero-order valence-electron chi connectivity index (χ0n) is 8.59. The summed E-state index contributed by atoms with van der Waals surface area (Å²) in [6.45, 7) is 0. The molecule has 16 heavy (non-hydrogen) atoms. The van der Waals surface area contributed by atoms with Gasteiger partial charge in [-0.25, -0.2) is 0 Å². The Morgan fingerprint density at radius 1 is 0.688 bits per heavy atom. The van der Waals surface area contributed by atoms with Crippen LogP contribution < -0.4 is 9.47 Å². The second-order valence-corrected chi connectivity index (χ2v) is 4.16. The van der Waals surface area contributed by atoms with Crippen molar-refractivity contribution in [2.24, 2.45) is 0 Å². The van der Waals surface area contributed by atoms with Gasteiger partial charge in [-0.15, -0.1) is 0 Å². The summed E-state index contributed by atoms with van der Waals surface area (Å²) < 4.78 is 11.6. The zero-order chi connectivity index (χ0) is 10.5. The highest BCUT2D eigenvalue weighted by molar-refractivity contribution is 5.53. The smallest absolute Gasteiger partial charge is 0.252 e. The average molecular weight is 210 g/mol. The SMILES string of the molecule is c1ccc2c(c1)OC1Oc3ccccc3C21. The number of para-hydroxylation sites is 2. The van der Waals surface area contributed by atoms with Gasteiger partial charge in [-0.05, 0) is 12.1 Å². The van der Waals surface area contributed by atoms with E-state index in [0.29, 0.717) is 0 Å². The Balaban J connectivity index is 1.93. The van der Waals surface area contributed by atoms with Gasteiger partial charge in [0.1, 0.15) is 11.5 Å². The molecule has 2 aliphatic heterocycles. The molecule has 0 aromatic heterocycles. The van der Waals surface area contributed by atoms with Crippen LogP contribution >= 0.6 is 0 Å². The minimum absolute atomic E-state index is 0.171. The van der Waals surface area contributed by atoms with E-state index in [1.807, 2.05) is 36.4 Å². The predicted octanol–water partition coefficient (Wildman–Crippen LogP) is 2.93. The Kier molecular flexibility index (Phi) is 1.43. The third-order valence-electron chi connectivity index (χ3n) is 3.27. The van der Waals surface area contributed by atoms with Gasteiger partial charge in [-0.1, -0.05) is 36.4 Å². The summed E-state index contributed by atoms with van der Waals surface area (Å²) in [5, 5.41) is 0. The van der Waals surface area contributed by atoms with Gasteiger partial charge in [0.25, 0.3) is 6.29 Å². The maximum atomic E-state index is 5.79. The number of ether oxygens (including phenoxy) is 2. The van der Waals surface area contributed by atoms with Gasteiger partial charge in [0.2, 0.25) is 0 Å². The molecule has 0 N–H and O–H groups in total. The lowest BCUT2D eigenvalue weighted by Crippen LogP contribution is -2.19. The molecular weight excluding hydrogens is 200 g/mol. The average Bonchev–Trinajstić information content (AvgIpc) is 2.83. The van der Waals surface area contributed by atoms with Crippen molar-refractivity contribution in [1.29, 1.82) is 0 Å². The number of rotatable bonds is 0. The van der Waals surface area contributed by atoms with E-state index in [-0.39, 0.29) is 12.2 Å². The van der Waals surface area contributed by atoms with Crippen molar-refractivity contribution in [3.05, 3.63) is 59.7 Å². The Bertz CT molecular complexity index is 513. The van der Waals surface area contributed by atoms with Crippen LogP contribution in [0.5, 0.6) is 11.5 Å². The Morgan fingerprint density at radius 2 is 1.19 bits per heavy atom. The van der Waals surface area contributed by atoms with Crippen LogP contribution in [-0.2, 0) is 0 Å². The number of benzene rings is 2. The summed E-state index contributed by atoms with van der Waals surface area (Å²) in [6, 6.07) is 16.3. The Hall–Kier alpha value is -1.96. The fraction of sp³-hybridized carbons (Fsp3) is 0.143. The van der Waals surface area contributed by atoms with E-state index < -0.39 is 0 Å². The molecule has 0 saturated carbocycles. The lowest BCUT2D eigenvalue weighted by Gasteiger charge is -2.08. The van der Waals surface area contributed by atoms with Crippen LogP contribution in [0.2, 0.25) is 0 Å². The van der Waals surface area contributed by atoms with Crippen molar-refractivity contribution in [3.8, 4) is 11.5 Å². The molecule has 0 radical (unpaired) electrons. The van der Waals surface area contributed by atoms with Gasteiger partial charge in [0.15, 0.2) is 0 Å². The van der Waals surface area contributed by atoms with E-state index in [1.165, 1.54) is 11.1 Å². The lowest BCUT2D eigenvalue weighted by molar-refractivity contribution is 0.0330. The molecule has 78 valence electrons. The van der Waals surface area contributed by atoms with E-state index in [1.54, 1.807) is 0 Å². The maximum Gasteiger partial charge on any atom is 0.252 e. The molecule has 2 heteroatoms. The van der Waals surface area contributed by atoms with Crippen molar-refractivity contribution < 1.29 is 9.47 Å². The van der Waals surface area contributed by atoms with E-state index in [0.717, 1.165) is 11.5 Å². The second kappa shape index (κ2) is 2.79. The molecule has 2 heterocycles. The highest BCUT2D eigenvalue weighted by Gasteiger charge is 2.43. The Labute approximate surface area is 93.4 Å². The quantitative estimate of drug-likeness (QED) is 0.665. The van der Waals surface area contributed by atoms with Crippen LogP contribution in [0, 0.1) is 0 Å². The summed E-state index contributed by atoms with van der Waals surface area (Å²) in [7, 11) is 0. The highest BCUT2D eigenvalue weighted by atomic mass is 16.7. The molecule has 2 aromatic carbocycles. The van der Waals surface area contributed by atoms with Crippen LogP contribution in [0.15, 0.2) is 48.5 Å². The molecule has 0 unspecified atom stereocenters. The molecule has 0 amide bonds. The van der Waals surface area contributed by atoms with Crippen molar-refractivity contribution in [2.45, 2.75) is 12.2 Å². The summed E-state index contributed by atoms with van der Waals surface area (Å²) >= 11 is 0. The molecule has 2 nitrogen and oxygen atoms in total. The minimum Gasteiger partial charge on any atom is -0.454 e. The molecule has 0 fully saturated rings. The number of hydrogen-bond donors (Lipinski definition) is 0. The predicted molar refractivity (Wildman–Crippen MR) is 59.8 cm³/mol. The molecular formula is C14H10O2. The third kappa shape index (κ3) is 0.915. The van der Waals surface area contributed by atoms with Crippen LogP contribution in [0.4, 0.5) is 0 Å². The summed E-state index contributed by atoms with van der Waals surface area (Å²) in [4.78, 5) is 0. The van der Waals surface area contributed by atoms with Crippen molar-refractivity contribution in [1.82, 2.24) is 0 Å². The number of fused-ring (bicyclic) bond motifs is 5. The summed E-state index contributed by atoms with van der Waals surface area (Å²) in [5.74, 6) is 2.14. The topological polar surface area (TPSA) is 18.5 Å². The van der Waals surface area contributed by atoms with Gasteiger partial charge < -0.3 is 9.47 Å². The van der Waals surface area contributed by atoms with Gasteiger partial charge in [-0.3, -0.25) is 0 Å². The van der Waals surface area contributed by atoms with Crippen molar-refractivity contribution in [3.63, 3.8) is 0 Å². The molecule has 0 saturated heterocycles. The highest BCUT2D eigenvalue weighted by Crippen LogP contribution is 2.49. The molecule has 2 aliphatic rings. The first-order valence-electron chi connectivity index (χ1n) is 5.45. The summed E-state index contributed by atoms with van der Waals surface area (Å²) in [6.07, 6.45) is -0.171. The monoisotopic (exact) mass is 210 g/mol. The van der Waals surface area contributed by atoms with Crippen molar-refractivity contribution in [2.75, 3.05) is 0 Å². The van der Waals surface area contributed by atoms with Gasteiger partial charge in [0, 0.05) is 11.1 Å². The molecule has 0 aliphatic carbocycles. The van der Waals surface area contributed by atoms with E-state index in [2.05, 4.69) is 12.1 Å². The Morgan fingerprint density at radius 3 is 1.75 bits per heavy atom. The lowest BCUT2D eigenvalue weighted by atomic mass is 9.93. The largest absolute Gasteiger partial charge is 0.454 e. The molecule has 4 rings (SSSR count). The van der Waals surface area contributed by atoms with Crippen LogP contribution in [0.3, 0.4) is 0 Å². The third-order valence-corrected chi connectivity index (χ3v) is 3.27. The minimum atomic E-state index is -0.171. The fourth-order valence-corrected chi connectivity index (χ4v) is 2.56. The van der Waals surface area contributed by atoms with E-state index in [4.69, 9.17) is 9.47 Å². The molecule has 0 bridgehead atoms. The first-order valence-corrected chi connectivity index (χ1v) is 5.45. The molecule has 2 aromatic rings. The van der Waals surface area contributed by atoms with E-state index >= 15 is 0 Å². The van der Waals surface area contributed by atoms with Crippen molar-refractivity contribution >= 4 is 0 Å². The molecule has 0 atom stereocenters. The zero-order valence-corrected chi connectivity index (χ0v) is 8.59. The van der Waals surface area contributed by atoms with Crippen LogP contribution in [0.25, 0.3) is 0 Å². The summed E-state index contributed by atoms with van der Waals surface area (Å²) in [5.41, 5.74) is 2.47. The van der Waals surface area contributed by atoms with Crippen LogP contribution in [-0.4, -0.2) is 6.29 Å².